The lowest BCUT2D eigenvalue weighted by Gasteiger charge is -2.34. The lowest BCUT2D eigenvalue weighted by Crippen LogP contribution is -2.53. The van der Waals surface area contributed by atoms with E-state index in [1.54, 1.807) is 21.9 Å². The lowest BCUT2D eigenvalue weighted by atomic mass is 10.1. The molecule has 0 spiro atoms. The molecular weight excluding hydrogens is 344 g/mol. The molecule has 2 heterocycles. The summed E-state index contributed by atoms with van der Waals surface area (Å²) in [5.74, 6) is -0.271. The van der Waals surface area contributed by atoms with E-state index in [4.69, 9.17) is 21.1 Å². The zero-order valence-corrected chi connectivity index (χ0v) is 14.9. The van der Waals surface area contributed by atoms with E-state index in [9.17, 15) is 9.59 Å². The number of nitrogens with zero attached hydrogens (tertiary/aromatic N) is 2. The smallest absolute Gasteiger partial charge is 0.249 e. The predicted molar refractivity (Wildman–Crippen MR) is 94.8 cm³/mol. The molecule has 3 rings (SSSR count). The van der Waals surface area contributed by atoms with Gasteiger partial charge in [-0.2, -0.15) is 0 Å². The third kappa shape index (κ3) is 4.93. The number of rotatable bonds is 5. The van der Waals surface area contributed by atoms with Crippen molar-refractivity contribution in [2.45, 2.75) is 25.4 Å². The van der Waals surface area contributed by atoms with Gasteiger partial charge in [-0.15, -0.1) is 0 Å². The second kappa shape index (κ2) is 8.65. The Labute approximate surface area is 152 Å². The summed E-state index contributed by atoms with van der Waals surface area (Å²) in [6.45, 7) is 2.19. The van der Waals surface area contributed by atoms with Gasteiger partial charge in [0.15, 0.2) is 0 Å². The zero-order valence-electron chi connectivity index (χ0n) is 14.2. The van der Waals surface area contributed by atoms with Crippen LogP contribution in [0.25, 0.3) is 0 Å². The van der Waals surface area contributed by atoms with Crippen LogP contribution in [-0.2, 0) is 19.1 Å². The SMILES string of the molecule is O=C(COC[C@@H]1CCCCO1)N1CCN(c2cccc(Cl)c2)C(=O)C1. The first kappa shape index (κ1) is 18.2. The van der Waals surface area contributed by atoms with E-state index in [1.807, 2.05) is 12.1 Å². The molecule has 6 nitrogen and oxygen atoms in total. The number of amides is 2. The number of ether oxygens (including phenoxy) is 2. The van der Waals surface area contributed by atoms with Gasteiger partial charge in [0, 0.05) is 30.4 Å². The van der Waals surface area contributed by atoms with Crippen molar-refractivity contribution in [3.05, 3.63) is 29.3 Å². The Morgan fingerprint density at radius 3 is 2.92 bits per heavy atom. The molecule has 25 heavy (non-hydrogen) atoms. The van der Waals surface area contributed by atoms with Crippen molar-refractivity contribution in [1.29, 1.82) is 0 Å². The maximum Gasteiger partial charge on any atom is 0.249 e. The van der Waals surface area contributed by atoms with Gasteiger partial charge < -0.3 is 19.3 Å². The first-order valence-electron chi connectivity index (χ1n) is 8.66. The number of piperazine rings is 1. The molecule has 0 bridgehead atoms. The average Bonchev–Trinajstić information content (AvgIpc) is 2.62. The number of hydrogen-bond acceptors (Lipinski definition) is 4. The van der Waals surface area contributed by atoms with E-state index in [2.05, 4.69) is 0 Å². The molecule has 2 saturated heterocycles. The second-order valence-corrected chi connectivity index (χ2v) is 6.78. The number of carbonyl (C=O) groups is 2. The van der Waals surface area contributed by atoms with Crippen LogP contribution in [0.1, 0.15) is 19.3 Å². The van der Waals surface area contributed by atoms with Crippen LogP contribution in [0.5, 0.6) is 0 Å². The highest BCUT2D eigenvalue weighted by atomic mass is 35.5. The second-order valence-electron chi connectivity index (χ2n) is 6.34. The molecule has 2 fully saturated rings. The first-order valence-corrected chi connectivity index (χ1v) is 9.04. The highest BCUT2D eigenvalue weighted by molar-refractivity contribution is 6.30. The van der Waals surface area contributed by atoms with Crippen molar-refractivity contribution in [2.24, 2.45) is 0 Å². The van der Waals surface area contributed by atoms with Crippen LogP contribution in [0, 0.1) is 0 Å². The number of halogens is 1. The Hall–Kier alpha value is -1.63. The fourth-order valence-electron chi connectivity index (χ4n) is 3.11. The quantitative estimate of drug-likeness (QED) is 0.800. The summed E-state index contributed by atoms with van der Waals surface area (Å²) >= 11 is 5.98. The summed E-state index contributed by atoms with van der Waals surface area (Å²) in [5.41, 5.74) is 0.760. The van der Waals surface area contributed by atoms with Gasteiger partial charge in [-0.1, -0.05) is 17.7 Å². The standard InChI is InChI=1S/C18H23ClN2O4/c19-14-4-3-5-15(10-14)21-8-7-20(11-17(21)22)18(23)13-24-12-16-6-1-2-9-25-16/h3-5,10,16H,1-2,6-9,11-13H2/t16-/m0/s1. The highest BCUT2D eigenvalue weighted by Gasteiger charge is 2.28. The van der Waals surface area contributed by atoms with Crippen LogP contribution in [0.3, 0.4) is 0 Å². The molecule has 0 saturated carbocycles. The summed E-state index contributed by atoms with van der Waals surface area (Å²) in [7, 11) is 0. The molecule has 0 aromatic heterocycles. The molecule has 0 aliphatic carbocycles. The van der Waals surface area contributed by atoms with Crippen molar-refractivity contribution in [2.75, 3.05) is 44.4 Å². The molecule has 1 aromatic carbocycles. The number of benzene rings is 1. The molecule has 2 aliphatic heterocycles. The summed E-state index contributed by atoms with van der Waals surface area (Å²) in [6.07, 6.45) is 3.30. The molecule has 0 unspecified atom stereocenters. The molecule has 2 amide bonds. The molecule has 136 valence electrons. The molecular formula is C18H23ClN2O4. The van der Waals surface area contributed by atoms with Crippen LogP contribution in [0.15, 0.2) is 24.3 Å². The van der Waals surface area contributed by atoms with Crippen LogP contribution in [-0.4, -0.2) is 62.3 Å². The van der Waals surface area contributed by atoms with Crippen LogP contribution >= 0.6 is 11.6 Å². The molecule has 2 aliphatic rings. The van der Waals surface area contributed by atoms with Gasteiger partial charge in [0.1, 0.15) is 13.2 Å². The van der Waals surface area contributed by atoms with Gasteiger partial charge in [-0.25, -0.2) is 0 Å². The summed E-state index contributed by atoms with van der Waals surface area (Å²) in [5, 5.41) is 0.585. The van der Waals surface area contributed by atoms with Crippen molar-refractivity contribution in [3.63, 3.8) is 0 Å². The molecule has 1 aromatic rings. The highest BCUT2D eigenvalue weighted by Crippen LogP contribution is 2.21. The van der Waals surface area contributed by atoms with Crippen LogP contribution in [0.2, 0.25) is 5.02 Å². The molecule has 0 radical (unpaired) electrons. The van der Waals surface area contributed by atoms with Gasteiger partial charge in [-0.05, 0) is 37.5 Å². The van der Waals surface area contributed by atoms with Gasteiger partial charge in [-0.3, -0.25) is 9.59 Å². The summed E-state index contributed by atoms with van der Waals surface area (Å²) in [4.78, 5) is 27.8. The Morgan fingerprint density at radius 2 is 2.20 bits per heavy atom. The van der Waals surface area contributed by atoms with E-state index in [0.717, 1.165) is 31.6 Å². The first-order chi connectivity index (χ1) is 12.1. The normalized spacial score (nSPS) is 21.5. The number of anilines is 1. The molecule has 1 atom stereocenters. The van der Waals surface area contributed by atoms with Crippen LogP contribution < -0.4 is 4.90 Å². The van der Waals surface area contributed by atoms with Gasteiger partial charge >= 0.3 is 0 Å². The van der Waals surface area contributed by atoms with Gasteiger partial charge in [0.2, 0.25) is 11.8 Å². The van der Waals surface area contributed by atoms with E-state index in [0.29, 0.717) is 24.7 Å². The van der Waals surface area contributed by atoms with Crippen molar-refractivity contribution < 1.29 is 19.1 Å². The summed E-state index contributed by atoms with van der Waals surface area (Å²) in [6, 6.07) is 7.17. The van der Waals surface area contributed by atoms with E-state index < -0.39 is 0 Å². The van der Waals surface area contributed by atoms with Crippen LogP contribution in [0.4, 0.5) is 5.69 Å². The Morgan fingerprint density at radius 1 is 1.32 bits per heavy atom. The van der Waals surface area contributed by atoms with E-state index in [1.165, 1.54) is 0 Å². The third-order valence-corrected chi connectivity index (χ3v) is 4.73. The van der Waals surface area contributed by atoms with Crippen molar-refractivity contribution >= 4 is 29.1 Å². The summed E-state index contributed by atoms with van der Waals surface area (Å²) < 4.78 is 11.1. The maximum atomic E-state index is 12.4. The lowest BCUT2D eigenvalue weighted by molar-refractivity contribution is -0.142. The largest absolute Gasteiger partial charge is 0.376 e. The minimum atomic E-state index is -0.157. The monoisotopic (exact) mass is 366 g/mol. The predicted octanol–water partition coefficient (Wildman–Crippen LogP) is 2.10. The zero-order chi connectivity index (χ0) is 17.6. The fraction of sp³-hybridized carbons (Fsp3) is 0.556. The van der Waals surface area contributed by atoms with Crippen molar-refractivity contribution in [3.8, 4) is 0 Å². The fourth-order valence-corrected chi connectivity index (χ4v) is 3.30. The Bertz CT molecular complexity index is 619. The minimum Gasteiger partial charge on any atom is -0.376 e. The van der Waals surface area contributed by atoms with Crippen molar-refractivity contribution in [1.82, 2.24) is 4.90 Å². The molecule has 0 N–H and O–H groups in total. The number of hydrogen-bond donors (Lipinski definition) is 0. The Kier molecular flexibility index (Phi) is 6.29. The number of carbonyl (C=O) groups excluding carboxylic acids is 2. The third-order valence-electron chi connectivity index (χ3n) is 4.50. The van der Waals surface area contributed by atoms with E-state index >= 15 is 0 Å². The van der Waals surface area contributed by atoms with E-state index in [-0.39, 0.29) is 31.1 Å². The average molecular weight is 367 g/mol. The van der Waals surface area contributed by atoms with Gasteiger partial charge in [0.05, 0.1) is 12.7 Å². The van der Waals surface area contributed by atoms with Gasteiger partial charge in [0.25, 0.3) is 0 Å². The Balaban J connectivity index is 1.45. The minimum absolute atomic E-state index is 0.00962. The topological polar surface area (TPSA) is 59.1 Å². The molecule has 7 heteroatoms. The maximum absolute atomic E-state index is 12.4.